The van der Waals surface area contributed by atoms with Gasteiger partial charge in [0.1, 0.15) is 5.76 Å². The smallest absolute Gasteiger partial charge is 0.240 e. The molecule has 2 rings (SSSR count). The molecule has 2 aromatic rings. The van der Waals surface area contributed by atoms with E-state index in [1.54, 1.807) is 31.2 Å². The molecule has 1 aromatic heterocycles. The third kappa shape index (κ3) is 5.17. The van der Waals surface area contributed by atoms with Gasteiger partial charge in [-0.15, -0.1) is 0 Å². The summed E-state index contributed by atoms with van der Waals surface area (Å²) in [7, 11) is -7.37. The fraction of sp³-hybridized carbons (Fsp3) is 0.333. The van der Waals surface area contributed by atoms with Crippen LogP contribution in [-0.4, -0.2) is 29.1 Å². The van der Waals surface area contributed by atoms with Crippen LogP contribution >= 0.6 is 0 Å². The zero-order valence-electron chi connectivity index (χ0n) is 13.4. The number of hydrogen-bond acceptors (Lipinski definition) is 5. The molecule has 7 nitrogen and oxygen atoms in total. The van der Waals surface area contributed by atoms with Crippen molar-refractivity contribution in [3.05, 3.63) is 53.5 Å². The monoisotopic (exact) mass is 372 g/mol. The van der Waals surface area contributed by atoms with Crippen LogP contribution in [0.15, 0.2) is 45.9 Å². The van der Waals surface area contributed by atoms with Crippen molar-refractivity contribution in [1.29, 1.82) is 0 Å². The average Bonchev–Trinajstić information content (AvgIpc) is 2.97. The molecule has 0 aliphatic rings. The number of sulfonamides is 2. The molecule has 0 radical (unpaired) electrons. The molecular weight excluding hydrogens is 352 g/mol. The summed E-state index contributed by atoms with van der Waals surface area (Å²) >= 11 is 0. The lowest BCUT2D eigenvalue weighted by Crippen LogP contribution is -2.34. The number of aryl methyl sites for hydroxylation is 2. The van der Waals surface area contributed by atoms with Gasteiger partial charge in [-0.05, 0) is 37.6 Å². The Bertz CT molecular complexity index is 888. The molecular formula is C15H20N2O5S2. The molecule has 0 saturated carbocycles. The lowest BCUT2D eigenvalue weighted by Gasteiger charge is -2.10. The Morgan fingerprint density at radius 2 is 1.79 bits per heavy atom. The molecule has 0 fully saturated rings. The first-order valence-corrected chi connectivity index (χ1v) is 10.4. The lowest BCUT2D eigenvalue weighted by atomic mass is 10.2. The second kappa shape index (κ2) is 7.47. The summed E-state index contributed by atoms with van der Waals surface area (Å²) < 4.78 is 57.9. The molecule has 0 amide bonds. The van der Waals surface area contributed by atoms with Crippen molar-refractivity contribution in [3.63, 3.8) is 0 Å². The van der Waals surface area contributed by atoms with Crippen LogP contribution in [0.25, 0.3) is 0 Å². The van der Waals surface area contributed by atoms with Gasteiger partial charge >= 0.3 is 0 Å². The predicted molar refractivity (Wildman–Crippen MR) is 90.4 cm³/mol. The highest BCUT2D eigenvalue weighted by Crippen LogP contribution is 2.16. The van der Waals surface area contributed by atoms with Crippen LogP contribution in [0.3, 0.4) is 0 Å². The van der Waals surface area contributed by atoms with E-state index in [2.05, 4.69) is 9.44 Å². The number of hydrogen-bond donors (Lipinski definition) is 2. The van der Waals surface area contributed by atoms with Gasteiger partial charge in [-0.25, -0.2) is 26.3 Å². The van der Waals surface area contributed by atoms with E-state index in [9.17, 15) is 16.8 Å². The van der Waals surface area contributed by atoms with E-state index in [0.29, 0.717) is 11.3 Å². The van der Waals surface area contributed by atoms with Gasteiger partial charge in [0.15, 0.2) is 0 Å². The van der Waals surface area contributed by atoms with Gasteiger partial charge in [0.2, 0.25) is 20.0 Å². The van der Waals surface area contributed by atoms with Crippen LogP contribution in [0.4, 0.5) is 0 Å². The molecule has 0 saturated heterocycles. The van der Waals surface area contributed by atoms with Crippen molar-refractivity contribution in [2.24, 2.45) is 0 Å². The van der Waals surface area contributed by atoms with Crippen LogP contribution in [0.2, 0.25) is 0 Å². The van der Waals surface area contributed by atoms with E-state index in [0.717, 1.165) is 5.56 Å². The Balaban J connectivity index is 1.92. The van der Waals surface area contributed by atoms with Crippen molar-refractivity contribution >= 4 is 20.0 Å². The van der Waals surface area contributed by atoms with Crippen molar-refractivity contribution in [2.45, 2.75) is 25.3 Å². The third-order valence-corrected chi connectivity index (χ3v) is 6.28. The maximum atomic E-state index is 12.3. The highest BCUT2D eigenvalue weighted by molar-refractivity contribution is 7.90. The minimum Gasteiger partial charge on any atom is -0.468 e. The minimum absolute atomic E-state index is 0.0269. The quantitative estimate of drug-likeness (QED) is 0.726. The summed E-state index contributed by atoms with van der Waals surface area (Å²) in [5, 5.41) is 0. The Kier molecular flexibility index (Phi) is 5.81. The van der Waals surface area contributed by atoms with E-state index < -0.39 is 20.0 Å². The molecule has 1 heterocycles. The summed E-state index contributed by atoms with van der Waals surface area (Å²) in [5.41, 5.74) is 1.57. The first-order valence-electron chi connectivity index (χ1n) is 7.26. The van der Waals surface area contributed by atoms with Crippen molar-refractivity contribution in [1.82, 2.24) is 9.44 Å². The maximum absolute atomic E-state index is 12.3. The largest absolute Gasteiger partial charge is 0.468 e. The summed E-state index contributed by atoms with van der Waals surface area (Å²) in [6, 6.07) is 8.27. The molecule has 0 spiro atoms. The molecule has 0 unspecified atom stereocenters. The standard InChI is InChI=1S/C15H20N2O5S2/c1-12-5-6-15(13(2)10-12)24(20,21)16-7-9-23(18,19)17-11-14-4-3-8-22-14/h3-6,8,10,16-17H,7,9,11H2,1-2H3. The van der Waals surface area contributed by atoms with Crippen molar-refractivity contribution in [3.8, 4) is 0 Å². The normalized spacial score (nSPS) is 12.4. The molecule has 132 valence electrons. The fourth-order valence-corrected chi connectivity index (χ4v) is 4.42. The SMILES string of the molecule is Cc1ccc(S(=O)(=O)NCCS(=O)(=O)NCc2ccco2)c(C)c1. The van der Waals surface area contributed by atoms with Crippen molar-refractivity contribution < 1.29 is 21.3 Å². The topological polar surface area (TPSA) is 105 Å². The van der Waals surface area contributed by atoms with Crippen LogP contribution in [0.5, 0.6) is 0 Å². The Morgan fingerprint density at radius 3 is 2.42 bits per heavy atom. The van der Waals surface area contributed by atoms with Gasteiger partial charge in [-0.3, -0.25) is 0 Å². The van der Waals surface area contributed by atoms with Gasteiger partial charge in [-0.2, -0.15) is 0 Å². The van der Waals surface area contributed by atoms with E-state index >= 15 is 0 Å². The number of furan rings is 1. The predicted octanol–water partition coefficient (Wildman–Crippen LogP) is 1.29. The van der Waals surface area contributed by atoms with Gasteiger partial charge in [0.25, 0.3) is 0 Å². The van der Waals surface area contributed by atoms with Gasteiger partial charge in [0.05, 0.1) is 23.5 Å². The summed E-state index contributed by atoms with van der Waals surface area (Å²) in [5.74, 6) is 0.118. The van der Waals surface area contributed by atoms with Gasteiger partial charge in [-0.1, -0.05) is 17.7 Å². The molecule has 9 heteroatoms. The first-order chi connectivity index (χ1) is 11.2. The maximum Gasteiger partial charge on any atom is 0.240 e. The van der Waals surface area contributed by atoms with Gasteiger partial charge < -0.3 is 4.42 Å². The molecule has 1 aromatic carbocycles. The molecule has 0 aliphatic carbocycles. The Morgan fingerprint density at radius 1 is 1.04 bits per heavy atom. The highest BCUT2D eigenvalue weighted by atomic mass is 32.2. The third-order valence-electron chi connectivity index (χ3n) is 3.33. The lowest BCUT2D eigenvalue weighted by molar-refractivity contribution is 0.498. The van der Waals surface area contributed by atoms with Gasteiger partial charge in [0, 0.05) is 6.54 Å². The minimum atomic E-state index is -3.75. The summed E-state index contributed by atoms with van der Waals surface area (Å²) in [4.78, 5) is 0.147. The molecule has 2 N–H and O–H groups in total. The summed E-state index contributed by atoms with van der Waals surface area (Å²) in [6.07, 6.45) is 1.45. The van der Waals surface area contributed by atoms with E-state index in [1.807, 2.05) is 6.92 Å². The van der Waals surface area contributed by atoms with Crippen molar-refractivity contribution in [2.75, 3.05) is 12.3 Å². The van der Waals surface area contributed by atoms with E-state index in [-0.39, 0.29) is 23.7 Å². The number of nitrogens with one attached hydrogen (secondary N) is 2. The van der Waals surface area contributed by atoms with Crippen LogP contribution in [0, 0.1) is 13.8 Å². The zero-order valence-corrected chi connectivity index (χ0v) is 15.1. The van der Waals surface area contributed by atoms with Crippen LogP contribution in [-0.2, 0) is 26.6 Å². The fourth-order valence-electron chi connectivity index (χ4n) is 2.16. The van der Waals surface area contributed by atoms with Crippen LogP contribution < -0.4 is 9.44 Å². The Labute approximate surface area is 142 Å². The molecule has 0 aliphatic heterocycles. The zero-order chi connectivity index (χ0) is 17.8. The average molecular weight is 372 g/mol. The van der Waals surface area contributed by atoms with E-state index in [4.69, 9.17) is 4.42 Å². The second-order valence-corrected chi connectivity index (χ2v) is 9.05. The molecule has 0 bridgehead atoms. The Hall–Kier alpha value is -1.68. The number of rotatable bonds is 8. The number of benzene rings is 1. The van der Waals surface area contributed by atoms with Crippen LogP contribution in [0.1, 0.15) is 16.9 Å². The first kappa shape index (κ1) is 18.7. The molecule has 24 heavy (non-hydrogen) atoms. The van der Waals surface area contributed by atoms with E-state index in [1.165, 1.54) is 12.3 Å². The highest BCUT2D eigenvalue weighted by Gasteiger charge is 2.18. The molecule has 0 atom stereocenters. The summed E-state index contributed by atoms with van der Waals surface area (Å²) in [6.45, 7) is 3.37. The second-order valence-electron chi connectivity index (χ2n) is 5.39.